The van der Waals surface area contributed by atoms with Crippen molar-refractivity contribution in [2.24, 2.45) is 11.8 Å². The molecule has 2 unspecified atom stereocenters. The molecule has 0 amide bonds. The second-order valence-corrected chi connectivity index (χ2v) is 7.10. The lowest BCUT2D eigenvalue weighted by atomic mass is 9.90. The first-order valence-electron chi connectivity index (χ1n) is 8.61. The van der Waals surface area contributed by atoms with Gasteiger partial charge in [-0.15, -0.1) is 0 Å². The summed E-state index contributed by atoms with van der Waals surface area (Å²) in [6.45, 7) is 13.0. The lowest BCUT2D eigenvalue weighted by molar-refractivity contribution is 0.0896. The molecule has 0 radical (unpaired) electrons. The fourth-order valence-corrected chi connectivity index (χ4v) is 3.63. The van der Waals surface area contributed by atoms with Gasteiger partial charge in [-0.3, -0.25) is 4.90 Å². The van der Waals surface area contributed by atoms with Gasteiger partial charge in [0.1, 0.15) is 0 Å². The Hall–Kier alpha value is -0.860. The van der Waals surface area contributed by atoms with Crippen LogP contribution in [0.3, 0.4) is 0 Å². The molecule has 0 saturated carbocycles. The predicted octanol–water partition coefficient (Wildman–Crippen LogP) is 4.09. The first-order chi connectivity index (χ1) is 10.1. The van der Waals surface area contributed by atoms with Gasteiger partial charge in [0.15, 0.2) is 0 Å². The van der Waals surface area contributed by atoms with Gasteiger partial charge in [-0.25, -0.2) is 0 Å². The van der Waals surface area contributed by atoms with E-state index in [0.717, 1.165) is 5.92 Å². The van der Waals surface area contributed by atoms with Crippen LogP contribution in [-0.2, 0) is 0 Å². The molecular weight excluding hydrogens is 256 g/mol. The van der Waals surface area contributed by atoms with Crippen LogP contribution in [0.5, 0.6) is 0 Å². The van der Waals surface area contributed by atoms with Crippen LogP contribution in [0.25, 0.3) is 0 Å². The van der Waals surface area contributed by atoms with E-state index in [1.165, 1.54) is 38.0 Å². The van der Waals surface area contributed by atoms with Crippen LogP contribution in [0.2, 0.25) is 0 Å². The fraction of sp³-hybridized carbons (Fsp3) is 0.684. The molecule has 0 bridgehead atoms. The zero-order chi connectivity index (χ0) is 15.2. The number of piperidine rings is 1. The largest absolute Gasteiger partial charge is 0.316 e. The number of rotatable bonds is 6. The topological polar surface area (TPSA) is 15.3 Å². The van der Waals surface area contributed by atoms with Crippen LogP contribution in [0.4, 0.5) is 0 Å². The molecule has 2 heteroatoms. The summed E-state index contributed by atoms with van der Waals surface area (Å²) < 4.78 is 0. The zero-order valence-corrected chi connectivity index (χ0v) is 14.2. The lowest BCUT2D eigenvalue weighted by Gasteiger charge is -2.40. The maximum Gasteiger partial charge on any atom is 0.0373 e. The Kier molecular flexibility index (Phi) is 6.25. The number of nitrogens with zero attached hydrogens (tertiary/aromatic N) is 1. The Bertz CT molecular complexity index is 393. The summed E-state index contributed by atoms with van der Waals surface area (Å²) in [6, 6.07) is 12.1. The predicted molar refractivity (Wildman–Crippen MR) is 91.5 cm³/mol. The molecule has 1 heterocycles. The van der Waals surface area contributed by atoms with Crippen LogP contribution >= 0.6 is 0 Å². The maximum atomic E-state index is 3.56. The summed E-state index contributed by atoms with van der Waals surface area (Å²) in [6.07, 6.45) is 2.70. The van der Waals surface area contributed by atoms with Gasteiger partial charge >= 0.3 is 0 Å². The van der Waals surface area contributed by atoms with Crippen molar-refractivity contribution in [3.63, 3.8) is 0 Å². The number of hydrogen-bond acceptors (Lipinski definition) is 2. The standard InChI is InChI=1S/C19H32N2/c1-15(2)19(18-10-6-5-7-11-18)21(16(3)4)14-17-9-8-12-20-13-17/h5-7,10-11,15-17,19-20H,8-9,12-14H2,1-4H3. The smallest absolute Gasteiger partial charge is 0.0373 e. The van der Waals surface area contributed by atoms with Crippen LogP contribution in [0.15, 0.2) is 30.3 Å². The molecule has 2 rings (SSSR count). The summed E-state index contributed by atoms with van der Waals surface area (Å²) in [7, 11) is 0. The molecule has 0 spiro atoms. The van der Waals surface area contributed by atoms with Gasteiger partial charge in [0.2, 0.25) is 0 Å². The minimum absolute atomic E-state index is 0.521. The Morgan fingerprint density at radius 1 is 1.14 bits per heavy atom. The van der Waals surface area contributed by atoms with Gasteiger partial charge in [-0.05, 0) is 57.2 Å². The van der Waals surface area contributed by atoms with E-state index in [2.05, 4.69) is 68.2 Å². The van der Waals surface area contributed by atoms with E-state index in [-0.39, 0.29) is 0 Å². The second kappa shape index (κ2) is 7.95. The summed E-state index contributed by atoms with van der Waals surface area (Å²) in [5.41, 5.74) is 1.46. The van der Waals surface area contributed by atoms with Crippen molar-refractivity contribution >= 4 is 0 Å². The van der Waals surface area contributed by atoms with E-state index in [1.54, 1.807) is 0 Å². The van der Waals surface area contributed by atoms with Gasteiger partial charge in [0.25, 0.3) is 0 Å². The van der Waals surface area contributed by atoms with Gasteiger partial charge in [-0.2, -0.15) is 0 Å². The lowest BCUT2D eigenvalue weighted by Crippen LogP contribution is -2.44. The first kappa shape index (κ1) is 16.5. The molecule has 1 saturated heterocycles. The molecule has 1 aliphatic rings. The molecule has 1 aromatic rings. The highest BCUT2D eigenvalue weighted by molar-refractivity contribution is 5.20. The molecule has 1 fully saturated rings. The minimum Gasteiger partial charge on any atom is -0.316 e. The van der Waals surface area contributed by atoms with E-state index < -0.39 is 0 Å². The number of hydrogen-bond donors (Lipinski definition) is 1. The summed E-state index contributed by atoms with van der Waals surface area (Å²) >= 11 is 0. The maximum absolute atomic E-state index is 3.56. The quantitative estimate of drug-likeness (QED) is 0.848. The summed E-state index contributed by atoms with van der Waals surface area (Å²) in [5, 5.41) is 3.56. The highest BCUT2D eigenvalue weighted by Gasteiger charge is 2.28. The van der Waals surface area contributed by atoms with Crippen LogP contribution in [0.1, 0.15) is 52.1 Å². The first-order valence-corrected chi connectivity index (χ1v) is 8.61. The van der Waals surface area contributed by atoms with Crippen LogP contribution < -0.4 is 5.32 Å². The molecule has 1 aromatic carbocycles. The molecule has 2 atom stereocenters. The fourth-order valence-electron chi connectivity index (χ4n) is 3.63. The normalized spacial score (nSPS) is 21.2. The van der Waals surface area contributed by atoms with Crippen LogP contribution in [0, 0.1) is 11.8 Å². The third-order valence-corrected chi connectivity index (χ3v) is 4.66. The average molecular weight is 288 g/mol. The Morgan fingerprint density at radius 3 is 2.38 bits per heavy atom. The highest BCUT2D eigenvalue weighted by Crippen LogP contribution is 2.31. The van der Waals surface area contributed by atoms with Gasteiger partial charge in [0, 0.05) is 18.6 Å². The molecule has 0 aliphatic carbocycles. The van der Waals surface area contributed by atoms with Crippen molar-refractivity contribution in [1.29, 1.82) is 0 Å². The third-order valence-electron chi connectivity index (χ3n) is 4.66. The highest BCUT2D eigenvalue weighted by atomic mass is 15.2. The molecule has 0 aromatic heterocycles. The second-order valence-electron chi connectivity index (χ2n) is 7.10. The Labute approximate surface area is 130 Å². The number of nitrogens with one attached hydrogen (secondary N) is 1. The molecule has 21 heavy (non-hydrogen) atoms. The Morgan fingerprint density at radius 2 is 1.86 bits per heavy atom. The summed E-state index contributed by atoms with van der Waals surface area (Å²) in [4.78, 5) is 2.72. The van der Waals surface area contributed by atoms with Crippen LogP contribution in [-0.4, -0.2) is 30.6 Å². The van der Waals surface area contributed by atoms with Crippen molar-refractivity contribution < 1.29 is 0 Å². The van der Waals surface area contributed by atoms with Crippen molar-refractivity contribution in [2.45, 2.75) is 52.6 Å². The monoisotopic (exact) mass is 288 g/mol. The zero-order valence-electron chi connectivity index (χ0n) is 14.2. The van der Waals surface area contributed by atoms with Crippen molar-refractivity contribution in [3.8, 4) is 0 Å². The van der Waals surface area contributed by atoms with Crippen molar-refractivity contribution in [2.75, 3.05) is 19.6 Å². The van der Waals surface area contributed by atoms with E-state index in [0.29, 0.717) is 18.0 Å². The molecule has 2 nitrogen and oxygen atoms in total. The molecular formula is C19H32N2. The van der Waals surface area contributed by atoms with Crippen molar-refractivity contribution in [3.05, 3.63) is 35.9 Å². The average Bonchev–Trinajstić information content (AvgIpc) is 2.48. The Balaban J connectivity index is 2.16. The van der Waals surface area contributed by atoms with Gasteiger partial charge in [-0.1, -0.05) is 44.2 Å². The third kappa shape index (κ3) is 4.55. The molecule has 1 aliphatic heterocycles. The molecule has 1 N–H and O–H groups in total. The van der Waals surface area contributed by atoms with Gasteiger partial charge < -0.3 is 5.32 Å². The van der Waals surface area contributed by atoms with Gasteiger partial charge in [0.05, 0.1) is 0 Å². The number of benzene rings is 1. The molecule has 118 valence electrons. The van der Waals surface area contributed by atoms with E-state index in [9.17, 15) is 0 Å². The van der Waals surface area contributed by atoms with E-state index >= 15 is 0 Å². The minimum atomic E-state index is 0.521. The summed E-state index contributed by atoms with van der Waals surface area (Å²) in [5.74, 6) is 1.43. The van der Waals surface area contributed by atoms with E-state index in [1.807, 2.05) is 0 Å². The SMILES string of the molecule is CC(C)C(c1ccccc1)N(CC1CCCNC1)C(C)C. The van der Waals surface area contributed by atoms with Crippen molar-refractivity contribution in [1.82, 2.24) is 10.2 Å². The van der Waals surface area contributed by atoms with E-state index in [4.69, 9.17) is 0 Å².